The van der Waals surface area contributed by atoms with E-state index in [9.17, 15) is 9.59 Å². The van der Waals surface area contributed by atoms with E-state index in [1.165, 1.54) is 25.7 Å². The summed E-state index contributed by atoms with van der Waals surface area (Å²) in [6, 6.07) is 9.94. The smallest absolute Gasteiger partial charge is 0.240 e. The van der Waals surface area contributed by atoms with Crippen LogP contribution < -0.4 is 10.6 Å². The molecule has 0 aromatic heterocycles. The van der Waals surface area contributed by atoms with E-state index in [1.54, 1.807) is 0 Å². The zero-order chi connectivity index (χ0) is 17.4. The monoisotopic (exact) mass is 330 g/mol. The Kier molecular flexibility index (Phi) is 6.83. The standard InChI is InChI=1S/C20H30N2O2/c1-3-20(2,17-11-5-4-6-12-17)22-19(24)15-21-18(23)14-13-16-9-7-8-10-16/h4-6,11-12,16H,3,7-10,13-15H2,1-2H3,(H,21,23)(H,22,24). The van der Waals surface area contributed by atoms with E-state index < -0.39 is 5.54 Å². The molecule has 1 aliphatic carbocycles. The normalized spacial score (nSPS) is 17.2. The summed E-state index contributed by atoms with van der Waals surface area (Å²) in [4.78, 5) is 24.1. The highest BCUT2D eigenvalue weighted by molar-refractivity contribution is 5.85. The molecule has 1 unspecified atom stereocenters. The van der Waals surface area contributed by atoms with Crippen molar-refractivity contribution < 1.29 is 9.59 Å². The largest absolute Gasteiger partial charge is 0.347 e. The lowest BCUT2D eigenvalue weighted by molar-refractivity contribution is -0.127. The number of amides is 2. The third-order valence-corrected chi connectivity index (χ3v) is 5.23. The summed E-state index contributed by atoms with van der Waals surface area (Å²) in [6.07, 6.45) is 7.36. The molecule has 2 amide bonds. The predicted molar refractivity (Wildman–Crippen MR) is 96.4 cm³/mol. The maximum atomic E-state index is 12.2. The van der Waals surface area contributed by atoms with Crippen LogP contribution in [0, 0.1) is 5.92 Å². The SMILES string of the molecule is CCC(C)(NC(=O)CNC(=O)CCC1CCCC1)c1ccccc1. The molecule has 1 aromatic rings. The lowest BCUT2D eigenvalue weighted by Gasteiger charge is -2.30. The predicted octanol–water partition coefficient (Wildman–Crippen LogP) is 3.51. The van der Waals surface area contributed by atoms with E-state index in [0.717, 1.165) is 18.4 Å². The molecule has 24 heavy (non-hydrogen) atoms. The number of rotatable bonds is 8. The second-order valence-electron chi connectivity index (χ2n) is 7.07. The maximum Gasteiger partial charge on any atom is 0.240 e. The van der Waals surface area contributed by atoms with Crippen molar-refractivity contribution in [3.63, 3.8) is 0 Å². The van der Waals surface area contributed by atoms with Gasteiger partial charge in [-0.05, 0) is 31.2 Å². The fourth-order valence-corrected chi connectivity index (χ4v) is 3.42. The number of hydrogen-bond acceptors (Lipinski definition) is 2. The van der Waals surface area contributed by atoms with Gasteiger partial charge in [0.05, 0.1) is 12.1 Å². The summed E-state index contributed by atoms with van der Waals surface area (Å²) in [5.74, 6) is 0.540. The Balaban J connectivity index is 1.76. The van der Waals surface area contributed by atoms with Crippen molar-refractivity contribution in [3.8, 4) is 0 Å². The lowest BCUT2D eigenvalue weighted by Crippen LogP contribution is -2.47. The van der Waals surface area contributed by atoms with Crippen molar-refractivity contribution in [1.82, 2.24) is 10.6 Å². The summed E-state index contributed by atoms with van der Waals surface area (Å²) in [7, 11) is 0. The van der Waals surface area contributed by atoms with Crippen LogP contribution in [0.15, 0.2) is 30.3 Å². The first-order chi connectivity index (χ1) is 11.5. The molecule has 2 N–H and O–H groups in total. The van der Waals surface area contributed by atoms with Gasteiger partial charge in [0.15, 0.2) is 0 Å². The van der Waals surface area contributed by atoms with Crippen LogP contribution in [-0.4, -0.2) is 18.4 Å². The summed E-state index contributed by atoms with van der Waals surface area (Å²) < 4.78 is 0. The maximum absolute atomic E-state index is 12.2. The van der Waals surface area contributed by atoms with Gasteiger partial charge in [-0.1, -0.05) is 62.9 Å². The molecule has 1 fully saturated rings. The molecule has 0 radical (unpaired) electrons. The van der Waals surface area contributed by atoms with E-state index in [4.69, 9.17) is 0 Å². The Morgan fingerprint density at radius 2 is 1.79 bits per heavy atom. The van der Waals surface area contributed by atoms with Crippen LogP contribution in [0.5, 0.6) is 0 Å². The topological polar surface area (TPSA) is 58.2 Å². The number of benzene rings is 1. The molecule has 4 heteroatoms. The summed E-state index contributed by atoms with van der Waals surface area (Å²) in [6.45, 7) is 4.11. The average Bonchev–Trinajstić information content (AvgIpc) is 3.12. The van der Waals surface area contributed by atoms with Crippen LogP contribution in [0.2, 0.25) is 0 Å². The van der Waals surface area contributed by atoms with Crippen LogP contribution in [0.4, 0.5) is 0 Å². The number of carbonyl (C=O) groups excluding carboxylic acids is 2. The van der Waals surface area contributed by atoms with Gasteiger partial charge in [0.2, 0.25) is 11.8 Å². The molecule has 0 saturated heterocycles. The van der Waals surface area contributed by atoms with E-state index in [1.807, 2.05) is 44.2 Å². The molecular formula is C20H30N2O2. The molecule has 0 aliphatic heterocycles. The first-order valence-electron chi connectivity index (χ1n) is 9.16. The minimum Gasteiger partial charge on any atom is -0.347 e. The molecule has 0 spiro atoms. The van der Waals surface area contributed by atoms with Crippen molar-refractivity contribution in [2.24, 2.45) is 5.92 Å². The molecule has 4 nitrogen and oxygen atoms in total. The Morgan fingerprint density at radius 1 is 1.12 bits per heavy atom. The third kappa shape index (κ3) is 5.36. The van der Waals surface area contributed by atoms with Crippen molar-refractivity contribution >= 4 is 11.8 Å². The quantitative estimate of drug-likeness (QED) is 0.766. The van der Waals surface area contributed by atoms with Gasteiger partial charge in [-0.15, -0.1) is 0 Å². The van der Waals surface area contributed by atoms with Crippen LogP contribution >= 0.6 is 0 Å². The van der Waals surface area contributed by atoms with Crippen molar-refractivity contribution in [3.05, 3.63) is 35.9 Å². The molecule has 0 heterocycles. The fraction of sp³-hybridized carbons (Fsp3) is 0.600. The number of hydrogen-bond donors (Lipinski definition) is 2. The Morgan fingerprint density at radius 3 is 2.42 bits per heavy atom. The lowest BCUT2D eigenvalue weighted by atomic mass is 9.89. The van der Waals surface area contributed by atoms with E-state index >= 15 is 0 Å². The van der Waals surface area contributed by atoms with Crippen molar-refractivity contribution in [2.75, 3.05) is 6.54 Å². The zero-order valence-corrected chi connectivity index (χ0v) is 14.9. The number of carbonyl (C=O) groups is 2. The van der Waals surface area contributed by atoms with Gasteiger partial charge in [0.25, 0.3) is 0 Å². The van der Waals surface area contributed by atoms with Gasteiger partial charge in [-0.25, -0.2) is 0 Å². The second-order valence-corrected chi connectivity index (χ2v) is 7.07. The third-order valence-electron chi connectivity index (χ3n) is 5.23. The summed E-state index contributed by atoms with van der Waals surface area (Å²) in [5.41, 5.74) is 0.667. The van der Waals surface area contributed by atoms with Crippen LogP contribution in [0.1, 0.15) is 64.4 Å². The van der Waals surface area contributed by atoms with Gasteiger partial charge in [0.1, 0.15) is 0 Å². The first kappa shape index (κ1) is 18.5. The molecule has 1 atom stereocenters. The van der Waals surface area contributed by atoms with Crippen LogP contribution in [-0.2, 0) is 15.1 Å². The first-order valence-corrected chi connectivity index (χ1v) is 9.16. The van der Waals surface area contributed by atoms with Gasteiger partial charge in [-0.2, -0.15) is 0 Å². The second kappa shape index (κ2) is 8.86. The molecule has 1 saturated carbocycles. The van der Waals surface area contributed by atoms with Gasteiger partial charge in [-0.3, -0.25) is 9.59 Å². The van der Waals surface area contributed by atoms with Gasteiger partial charge >= 0.3 is 0 Å². The molecule has 2 rings (SSSR count). The average molecular weight is 330 g/mol. The Bertz CT molecular complexity index is 538. The highest BCUT2D eigenvalue weighted by atomic mass is 16.2. The zero-order valence-electron chi connectivity index (χ0n) is 14.9. The van der Waals surface area contributed by atoms with Crippen LogP contribution in [0.25, 0.3) is 0 Å². The number of nitrogens with one attached hydrogen (secondary N) is 2. The minimum absolute atomic E-state index is 0.0186. The highest BCUT2D eigenvalue weighted by Gasteiger charge is 2.26. The molecule has 1 aliphatic rings. The molecule has 1 aromatic carbocycles. The van der Waals surface area contributed by atoms with Crippen molar-refractivity contribution in [2.45, 2.75) is 64.3 Å². The Labute approximate surface area is 145 Å². The highest BCUT2D eigenvalue weighted by Crippen LogP contribution is 2.28. The summed E-state index contributed by atoms with van der Waals surface area (Å²) >= 11 is 0. The molecular weight excluding hydrogens is 300 g/mol. The molecule has 0 bridgehead atoms. The van der Waals surface area contributed by atoms with Gasteiger partial charge in [0, 0.05) is 6.42 Å². The van der Waals surface area contributed by atoms with E-state index in [-0.39, 0.29) is 18.4 Å². The summed E-state index contributed by atoms with van der Waals surface area (Å²) in [5, 5.41) is 5.81. The van der Waals surface area contributed by atoms with Crippen molar-refractivity contribution in [1.29, 1.82) is 0 Å². The van der Waals surface area contributed by atoms with Crippen LogP contribution in [0.3, 0.4) is 0 Å². The van der Waals surface area contributed by atoms with E-state index in [0.29, 0.717) is 12.3 Å². The minimum atomic E-state index is -0.410. The Hall–Kier alpha value is -1.84. The van der Waals surface area contributed by atoms with Gasteiger partial charge < -0.3 is 10.6 Å². The fourth-order valence-electron chi connectivity index (χ4n) is 3.42. The van der Waals surface area contributed by atoms with E-state index in [2.05, 4.69) is 10.6 Å². The molecule has 132 valence electrons.